The van der Waals surface area contributed by atoms with Gasteiger partial charge in [-0.1, -0.05) is 6.92 Å². The van der Waals surface area contributed by atoms with Crippen LogP contribution in [0.1, 0.15) is 60.3 Å². The van der Waals surface area contributed by atoms with Crippen LogP contribution in [0, 0.1) is 5.41 Å². The minimum absolute atomic E-state index is 0.106. The fraction of sp³-hybridized carbons (Fsp3) is 0.857. The molecule has 2 heterocycles. The average molecular weight is 251 g/mol. The molecule has 0 spiro atoms. The van der Waals surface area contributed by atoms with Crippen molar-refractivity contribution < 1.29 is 9.90 Å². The van der Waals surface area contributed by atoms with Crippen LogP contribution in [0.25, 0.3) is 0 Å². The number of hydrogen-bond donors (Lipinski definition) is 0. The summed E-state index contributed by atoms with van der Waals surface area (Å²) in [4.78, 5) is 17.6. The molecule has 1 saturated heterocycles. The van der Waals surface area contributed by atoms with Gasteiger partial charge in [0.05, 0.1) is 5.54 Å². The maximum absolute atomic E-state index is 11.5. The molecule has 2 aliphatic rings. The lowest BCUT2D eigenvalue weighted by Gasteiger charge is -2.55. The van der Waals surface area contributed by atoms with Gasteiger partial charge < -0.3 is 14.8 Å². The van der Waals surface area contributed by atoms with Crippen LogP contribution < -0.4 is 5.11 Å². The summed E-state index contributed by atoms with van der Waals surface area (Å²) in [5, 5.41) is 11.5. The highest BCUT2D eigenvalue weighted by Gasteiger charge is 2.49. The summed E-state index contributed by atoms with van der Waals surface area (Å²) in [6.45, 7) is 10.2. The molecule has 0 aromatic heterocycles. The Balaban J connectivity index is 2.52. The highest BCUT2D eigenvalue weighted by Crippen LogP contribution is 2.47. The van der Waals surface area contributed by atoms with Crippen molar-refractivity contribution in [2.45, 2.75) is 71.4 Å². The number of amidine groups is 1. The largest absolute Gasteiger partial charge is 0.530 e. The van der Waals surface area contributed by atoms with Gasteiger partial charge in [-0.2, -0.15) is 0 Å². The molecule has 18 heavy (non-hydrogen) atoms. The molecule has 0 radical (unpaired) electrons. The average Bonchev–Trinajstić information content (AvgIpc) is 2.19. The molecular weight excluding hydrogens is 228 g/mol. The van der Waals surface area contributed by atoms with Crippen LogP contribution in [0.5, 0.6) is 0 Å². The van der Waals surface area contributed by atoms with Crippen LogP contribution >= 0.6 is 0 Å². The number of rotatable bonds is 0. The summed E-state index contributed by atoms with van der Waals surface area (Å²) >= 11 is 0. The van der Waals surface area contributed by atoms with Crippen LogP contribution in [0.4, 0.5) is 4.79 Å². The quantitative estimate of drug-likeness (QED) is 0.662. The molecular formula is C14H23N2O2-. The Kier molecular flexibility index (Phi) is 2.76. The third kappa shape index (κ3) is 2.02. The van der Waals surface area contributed by atoms with Gasteiger partial charge in [-0.15, -0.1) is 0 Å². The highest BCUT2D eigenvalue weighted by atomic mass is 16.4. The smallest absolute Gasteiger partial charge is 0.143 e. The predicted molar refractivity (Wildman–Crippen MR) is 69.4 cm³/mol. The number of carbonyl (C=O) groups excluding carboxylic acids is 1. The SMILES string of the molecule is CC1(C)CCC2(C)CCC(C)(C)N(C(=O)[O-])C2=N1. The monoisotopic (exact) mass is 251 g/mol. The van der Waals surface area contributed by atoms with Gasteiger partial charge in [0, 0.05) is 11.0 Å². The Bertz CT molecular complexity index is 412. The molecule has 0 bridgehead atoms. The molecule has 1 fully saturated rings. The van der Waals surface area contributed by atoms with Crippen LogP contribution in [0.15, 0.2) is 4.99 Å². The first kappa shape index (κ1) is 13.4. The van der Waals surface area contributed by atoms with Crippen LogP contribution in [0.2, 0.25) is 0 Å². The lowest BCUT2D eigenvalue weighted by atomic mass is 9.68. The Morgan fingerprint density at radius 2 is 1.67 bits per heavy atom. The molecule has 0 aromatic rings. The van der Waals surface area contributed by atoms with E-state index in [0.717, 1.165) is 31.5 Å². The number of nitrogens with zero attached hydrogens (tertiary/aromatic N) is 2. The normalized spacial score (nSPS) is 33.6. The summed E-state index contributed by atoms with van der Waals surface area (Å²) in [7, 11) is 0. The lowest BCUT2D eigenvalue weighted by Crippen LogP contribution is -2.64. The Morgan fingerprint density at radius 3 is 2.22 bits per heavy atom. The molecule has 1 amide bonds. The van der Waals surface area contributed by atoms with Crippen molar-refractivity contribution in [1.82, 2.24) is 4.90 Å². The number of aliphatic imine (C=N–C) groups is 1. The first-order valence-corrected chi connectivity index (χ1v) is 6.69. The van der Waals surface area contributed by atoms with E-state index in [2.05, 4.69) is 20.8 Å². The minimum atomic E-state index is -1.12. The van der Waals surface area contributed by atoms with Crippen molar-refractivity contribution in [1.29, 1.82) is 0 Å². The zero-order valence-corrected chi connectivity index (χ0v) is 12.0. The summed E-state index contributed by atoms with van der Waals surface area (Å²) in [5.74, 6) is 0.718. The molecule has 0 saturated carbocycles. The summed E-state index contributed by atoms with van der Waals surface area (Å²) < 4.78 is 0. The van der Waals surface area contributed by atoms with Crippen LogP contribution in [-0.2, 0) is 0 Å². The second-order valence-corrected chi connectivity index (χ2v) is 7.22. The molecule has 0 N–H and O–H groups in total. The van der Waals surface area contributed by atoms with Gasteiger partial charge in [-0.25, -0.2) is 0 Å². The van der Waals surface area contributed by atoms with E-state index in [0.29, 0.717) is 0 Å². The first-order chi connectivity index (χ1) is 8.07. The number of carbonyl (C=O) groups is 1. The highest BCUT2D eigenvalue weighted by molar-refractivity contribution is 5.99. The van der Waals surface area contributed by atoms with Crippen molar-refractivity contribution in [3.05, 3.63) is 0 Å². The molecule has 4 nitrogen and oxygen atoms in total. The number of carboxylic acid groups (broad SMARTS) is 1. The van der Waals surface area contributed by atoms with Crippen molar-refractivity contribution in [2.24, 2.45) is 10.4 Å². The summed E-state index contributed by atoms with van der Waals surface area (Å²) in [6.07, 6.45) is 2.74. The number of piperidine rings is 1. The van der Waals surface area contributed by atoms with Crippen molar-refractivity contribution in [2.75, 3.05) is 0 Å². The maximum Gasteiger partial charge on any atom is 0.143 e. The van der Waals surface area contributed by atoms with Crippen molar-refractivity contribution >= 4 is 11.9 Å². The third-order valence-electron chi connectivity index (χ3n) is 4.53. The van der Waals surface area contributed by atoms with Gasteiger partial charge in [-0.05, 0) is 53.4 Å². The fourth-order valence-electron chi connectivity index (χ4n) is 3.04. The number of likely N-dealkylation sites (tertiary alicyclic amines) is 1. The van der Waals surface area contributed by atoms with E-state index in [-0.39, 0.29) is 11.0 Å². The van der Waals surface area contributed by atoms with Crippen molar-refractivity contribution in [3.8, 4) is 0 Å². The number of hydrogen-bond acceptors (Lipinski definition) is 3. The van der Waals surface area contributed by atoms with Gasteiger partial charge in [0.25, 0.3) is 0 Å². The number of amides is 1. The van der Waals surface area contributed by atoms with E-state index in [1.54, 1.807) is 0 Å². The van der Waals surface area contributed by atoms with Gasteiger partial charge in [0.15, 0.2) is 0 Å². The van der Waals surface area contributed by atoms with E-state index in [4.69, 9.17) is 4.99 Å². The molecule has 0 aromatic carbocycles. The zero-order chi connectivity index (χ0) is 13.8. The van der Waals surface area contributed by atoms with Crippen LogP contribution in [0.3, 0.4) is 0 Å². The Labute approximate surface area is 109 Å². The molecule has 1 atom stereocenters. The van der Waals surface area contributed by atoms with E-state index in [1.165, 1.54) is 4.90 Å². The topological polar surface area (TPSA) is 55.7 Å². The van der Waals surface area contributed by atoms with E-state index < -0.39 is 11.6 Å². The molecule has 2 aliphatic heterocycles. The van der Waals surface area contributed by atoms with E-state index in [1.807, 2.05) is 13.8 Å². The molecule has 4 heteroatoms. The van der Waals surface area contributed by atoms with Gasteiger partial charge >= 0.3 is 0 Å². The Morgan fingerprint density at radius 1 is 1.11 bits per heavy atom. The van der Waals surface area contributed by atoms with Gasteiger partial charge in [0.2, 0.25) is 0 Å². The van der Waals surface area contributed by atoms with Gasteiger partial charge in [-0.3, -0.25) is 4.99 Å². The maximum atomic E-state index is 11.5. The fourth-order valence-corrected chi connectivity index (χ4v) is 3.04. The van der Waals surface area contributed by atoms with Gasteiger partial charge in [0.1, 0.15) is 11.9 Å². The standard InChI is InChI=1S/C14H24N2O2/c1-12(2)6-8-14(5)9-7-13(3,4)16(11(17)18)10(14)15-12/h6-9H2,1-5H3,(H,17,18)/p-1. The molecule has 1 unspecified atom stereocenters. The van der Waals surface area contributed by atoms with E-state index >= 15 is 0 Å². The summed E-state index contributed by atoms with van der Waals surface area (Å²) in [6, 6.07) is 0. The molecule has 0 aliphatic carbocycles. The zero-order valence-electron chi connectivity index (χ0n) is 12.0. The Hall–Kier alpha value is -1.06. The second-order valence-electron chi connectivity index (χ2n) is 7.22. The summed E-state index contributed by atoms with van der Waals surface area (Å²) in [5.41, 5.74) is -0.689. The molecule has 2 rings (SSSR count). The van der Waals surface area contributed by atoms with E-state index in [9.17, 15) is 9.90 Å². The van der Waals surface area contributed by atoms with Crippen molar-refractivity contribution in [3.63, 3.8) is 0 Å². The second kappa shape index (κ2) is 3.72. The first-order valence-electron chi connectivity index (χ1n) is 6.69. The third-order valence-corrected chi connectivity index (χ3v) is 4.53. The predicted octanol–water partition coefficient (Wildman–Crippen LogP) is 2.18. The number of fused-ring (bicyclic) bond motifs is 1. The van der Waals surface area contributed by atoms with Crippen LogP contribution in [-0.4, -0.2) is 27.9 Å². The minimum Gasteiger partial charge on any atom is -0.530 e. The lowest BCUT2D eigenvalue weighted by molar-refractivity contribution is -0.266. The molecule has 102 valence electrons.